The van der Waals surface area contributed by atoms with Crippen LogP contribution in [0.25, 0.3) is 0 Å². The van der Waals surface area contributed by atoms with Crippen LogP contribution in [-0.4, -0.2) is 5.78 Å². The first-order valence-electron chi connectivity index (χ1n) is 8.72. The second kappa shape index (κ2) is 4.69. The van der Waals surface area contributed by atoms with E-state index in [9.17, 15) is 4.79 Å². The summed E-state index contributed by atoms with van der Waals surface area (Å²) in [4.78, 5) is 11.7. The summed E-state index contributed by atoms with van der Waals surface area (Å²) in [5.74, 6) is 3.16. The molecular weight excluding hydrogens is 256 g/mol. The maximum atomic E-state index is 11.7. The predicted octanol–water partition coefficient (Wildman–Crippen LogP) is 4.85. The van der Waals surface area contributed by atoms with Crippen molar-refractivity contribution in [1.82, 2.24) is 0 Å². The van der Waals surface area contributed by atoms with E-state index in [0.717, 1.165) is 31.1 Å². The van der Waals surface area contributed by atoms with Gasteiger partial charge in [-0.2, -0.15) is 0 Å². The molecule has 4 aliphatic carbocycles. The summed E-state index contributed by atoms with van der Waals surface area (Å²) in [6.45, 7) is 6.88. The maximum Gasteiger partial charge on any atom is 0.155 e. The van der Waals surface area contributed by atoms with Gasteiger partial charge in [0.15, 0.2) is 5.78 Å². The van der Waals surface area contributed by atoms with Gasteiger partial charge in [0.2, 0.25) is 0 Å². The average Bonchev–Trinajstić information content (AvgIpc) is 2.90. The van der Waals surface area contributed by atoms with Crippen LogP contribution in [0.2, 0.25) is 0 Å². The molecule has 5 atom stereocenters. The molecular formula is C20H26O. The third kappa shape index (κ3) is 1.86. The molecule has 0 spiro atoms. The Labute approximate surface area is 128 Å². The third-order valence-electron chi connectivity index (χ3n) is 6.98. The first-order valence-corrected chi connectivity index (χ1v) is 8.72. The monoisotopic (exact) mass is 282 g/mol. The molecule has 0 aliphatic heterocycles. The molecule has 21 heavy (non-hydrogen) atoms. The lowest BCUT2D eigenvalue weighted by atomic mass is 9.50. The van der Waals surface area contributed by atoms with Gasteiger partial charge in [-0.1, -0.05) is 36.8 Å². The summed E-state index contributed by atoms with van der Waals surface area (Å²) in [7, 11) is 0. The molecule has 112 valence electrons. The summed E-state index contributed by atoms with van der Waals surface area (Å²) in [6.07, 6.45) is 14.9. The molecule has 0 bridgehead atoms. The standard InChI is InChI=1S/C20H26O/c1-3-20-10-4-5-18(20)17-8-6-14-11-15(21)7-9-16(14)19(17)13(2)12-20/h4-5,11,16-19H,2-3,6-10,12H2,1H3/t16-,17-,18-,19+,20-/m0/s1. The highest BCUT2D eigenvalue weighted by Gasteiger charge is 2.53. The molecule has 4 aliphatic rings. The fourth-order valence-electron chi connectivity index (χ4n) is 5.99. The van der Waals surface area contributed by atoms with Crippen molar-refractivity contribution in [1.29, 1.82) is 0 Å². The summed E-state index contributed by atoms with van der Waals surface area (Å²) < 4.78 is 0. The number of carbonyl (C=O) groups excluding carboxylic acids is 1. The number of ketones is 1. The second-order valence-corrected chi connectivity index (χ2v) is 7.77. The van der Waals surface area contributed by atoms with Gasteiger partial charge in [-0.25, -0.2) is 0 Å². The fourth-order valence-corrected chi connectivity index (χ4v) is 5.99. The quantitative estimate of drug-likeness (QED) is 0.628. The van der Waals surface area contributed by atoms with Crippen LogP contribution in [0.4, 0.5) is 0 Å². The van der Waals surface area contributed by atoms with Crippen molar-refractivity contribution >= 4 is 5.78 Å². The van der Waals surface area contributed by atoms with E-state index < -0.39 is 0 Å². The normalized spacial score (nSPS) is 44.9. The maximum absolute atomic E-state index is 11.7. The van der Waals surface area contributed by atoms with E-state index in [2.05, 4.69) is 25.7 Å². The van der Waals surface area contributed by atoms with Crippen LogP contribution in [0, 0.1) is 29.1 Å². The minimum atomic E-state index is 0.352. The van der Waals surface area contributed by atoms with Crippen LogP contribution in [0.5, 0.6) is 0 Å². The summed E-state index contributed by atoms with van der Waals surface area (Å²) in [5.41, 5.74) is 3.41. The van der Waals surface area contributed by atoms with Crippen LogP contribution in [0.3, 0.4) is 0 Å². The number of carbonyl (C=O) groups is 1. The zero-order chi connectivity index (χ0) is 14.6. The van der Waals surface area contributed by atoms with E-state index >= 15 is 0 Å². The number of rotatable bonds is 1. The highest BCUT2D eigenvalue weighted by Crippen LogP contribution is 2.62. The summed E-state index contributed by atoms with van der Waals surface area (Å²) >= 11 is 0. The zero-order valence-corrected chi connectivity index (χ0v) is 13.1. The van der Waals surface area contributed by atoms with Crippen LogP contribution < -0.4 is 0 Å². The molecule has 0 aromatic carbocycles. The molecule has 2 saturated carbocycles. The van der Waals surface area contributed by atoms with Crippen molar-refractivity contribution in [3.63, 3.8) is 0 Å². The van der Waals surface area contributed by atoms with Crippen molar-refractivity contribution < 1.29 is 4.79 Å². The van der Waals surface area contributed by atoms with Crippen molar-refractivity contribution in [3.8, 4) is 0 Å². The Kier molecular flexibility index (Phi) is 3.03. The molecule has 0 saturated heterocycles. The van der Waals surface area contributed by atoms with Crippen molar-refractivity contribution in [2.24, 2.45) is 29.1 Å². The predicted molar refractivity (Wildman–Crippen MR) is 85.8 cm³/mol. The van der Waals surface area contributed by atoms with Gasteiger partial charge in [0.1, 0.15) is 0 Å². The Morgan fingerprint density at radius 2 is 2.19 bits per heavy atom. The molecule has 0 amide bonds. The fraction of sp³-hybridized carbons (Fsp3) is 0.650. The third-order valence-corrected chi connectivity index (χ3v) is 6.98. The van der Waals surface area contributed by atoms with E-state index in [1.807, 2.05) is 6.08 Å². The van der Waals surface area contributed by atoms with Gasteiger partial charge in [-0.05, 0) is 73.7 Å². The molecule has 1 nitrogen and oxygen atoms in total. The zero-order valence-electron chi connectivity index (χ0n) is 13.1. The molecule has 2 fully saturated rings. The second-order valence-electron chi connectivity index (χ2n) is 7.77. The van der Waals surface area contributed by atoms with Gasteiger partial charge in [0, 0.05) is 6.42 Å². The van der Waals surface area contributed by atoms with Crippen molar-refractivity contribution in [3.05, 3.63) is 36.0 Å². The average molecular weight is 282 g/mol. The first kappa shape index (κ1) is 13.5. The Morgan fingerprint density at radius 1 is 1.33 bits per heavy atom. The Hall–Kier alpha value is -1.11. The highest BCUT2D eigenvalue weighted by molar-refractivity contribution is 5.91. The molecule has 0 unspecified atom stereocenters. The molecule has 1 heteroatoms. The number of hydrogen-bond donors (Lipinski definition) is 0. The Balaban J connectivity index is 1.71. The minimum Gasteiger partial charge on any atom is -0.295 e. The van der Waals surface area contributed by atoms with Crippen LogP contribution in [0.15, 0.2) is 36.0 Å². The van der Waals surface area contributed by atoms with Crippen LogP contribution >= 0.6 is 0 Å². The van der Waals surface area contributed by atoms with Crippen LogP contribution in [-0.2, 0) is 4.79 Å². The lowest BCUT2D eigenvalue weighted by Crippen LogP contribution is -2.46. The topological polar surface area (TPSA) is 17.1 Å². The summed E-state index contributed by atoms with van der Waals surface area (Å²) in [6, 6.07) is 0. The van der Waals surface area contributed by atoms with E-state index in [-0.39, 0.29) is 0 Å². The largest absolute Gasteiger partial charge is 0.295 e. The van der Waals surface area contributed by atoms with Gasteiger partial charge in [-0.15, -0.1) is 0 Å². The van der Waals surface area contributed by atoms with Gasteiger partial charge in [0.25, 0.3) is 0 Å². The van der Waals surface area contributed by atoms with Crippen molar-refractivity contribution in [2.45, 2.75) is 51.9 Å². The number of fused-ring (bicyclic) bond motifs is 5. The molecule has 0 heterocycles. The molecule has 0 N–H and O–H groups in total. The molecule has 4 rings (SSSR count). The first-order chi connectivity index (χ1) is 10.1. The Bertz CT molecular complexity index is 552. The van der Waals surface area contributed by atoms with Crippen LogP contribution in [0.1, 0.15) is 51.9 Å². The van der Waals surface area contributed by atoms with E-state index in [1.165, 1.54) is 36.8 Å². The van der Waals surface area contributed by atoms with E-state index in [0.29, 0.717) is 23.0 Å². The molecule has 0 radical (unpaired) electrons. The van der Waals surface area contributed by atoms with Gasteiger partial charge >= 0.3 is 0 Å². The number of allylic oxidation sites excluding steroid dienone is 5. The van der Waals surface area contributed by atoms with Gasteiger partial charge in [0.05, 0.1) is 0 Å². The smallest absolute Gasteiger partial charge is 0.155 e. The summed E-state index contributed by atoms with van der Waals surface area (Å²) in [5, 5.41) is 0. The van der Waals surface area contributed by atoms with E-state index in [1.54, 1.807) is 0 Å². The lowest BCUT2D eigenvalue weighted by Gasteiger charge is -2.54. The molecule has 0 aromatic heterocycles. The van der Waals surface area contributed by atoms with Gasteiger partial charge < -0.3 is 0 Å². The Morgan fingerprint density at radius 3 is 3.00 bits per heavy atom. The molecule has 0 aromatic rings. The van der Waals surface area contributed by atoms with Gasteiger partial charge in [-0.3, -0.25) is 4.79 Å². The van der Waals surface area contributed by atoms with E-state index in [4.69, 9.17) is 0 Å². The lowest BCUT2D eigenvalue weighted by molar-refractivity contribution is -0.115. The minimum absolute atomic E-state index is 0.352. The van der Waals surface area contributed by atoms with Crippen molar-refractivity contribution in [2.75, 3.05) is 0 Å². The number of hydrogen-bond acceptors (Lipinski definition) is 1. The highest BCUT2D eigenvalue weighted by atomic mass is 16.1. The SMILES string of the molecule is C=C1C[C@]2(CC)CC=C[C@H]2[C@@H]2CCC3=CC(=O)CC[C@@H]3[C@@H]12.